The first-order valence-electron chi connectivity index (χ1n) is 6.40. The summed E-state index contributed by atoms with van der Waals surface area (Å²) in [6, 6.07) is 9.96. The average molecular weight is 278 g/mol. The van der Waals surface area contributed by atoms with Gasteiger partial charge in [-0.25, -0.2) is 9.97 Å². The van der Waals surface area contributed by atoms with Crippen LogP contribution >= 0.6 is 0 Å². The highest BCUT2D eigenvalue weighted by atomic mass is 16.5. The van der Waals surface area contributed by atoms with Crippen molar-refractivity contribution in [2.24, 2.45) is 0 Å². The maximum atomic E-state index is 5.17. The van der Waals surface area contributed by atoms with Gasteiger partial charge < -0.3 is 8.94 Å². The molecule has 0 amide bonds. The average Bonchev–Trinajstić information content (AvgIpc) is 3.17. The van der Waals surface area contributed by atoms with E-state index < -0.39 is 0 Å². The van der Waals surface area contributed by atoms with Crippen LogP contribution in [0, 0.1) is 6.92 Å². The van der Waals surface area contributed by atoms with Crippen molar-refractivity contribution in [2.45, 2.75) is 6.92 Å². The van der Waals surface area contributed by atoms with Gasteiger partial charge in [0.25, 0.3) is 5.89 Å². The Bertz CT molecular complexity index is 912. The van der Waals surface area contributed by atoms with E-state index in [1.807, 2.05) is 24.3 Å². The first kappa shape index (κ1) is 11.8. The van der Waals surface area contributed by atoms with E-state index in [0.29, 0.717) is 23.1 Å². The number of aromatic nitrogens is 4. The zero-order chi connectivity index (χ0) is 14.2. The minimum absolute atomic E-state index is 0.310. The second-order valence-electron chi connectivity index (χ2n) is 4.69. The van der Waals surface area contributed by atoms with E-state index in [2.05, 4.69) is 33.1 Å². The molecule has 0 radical (unpaired) electrons. The molecule has 0 aliphatic rings. The number of rotatable bonds is 2. The largest absolute Gasteiger partial charge is 0.451 e. The number of benzene rings is 1. The third-order valence-electron chi connectivity index (χ3n) is 3.15. The molecule has 4 rings (SSSR count). The molecular weight excluding hydrogens is 268 g/mol. The molecule has 1 aromatic carbocycles. The van der Waals surface area contributed by atoms with Crippen molar-refractivity contribution in [3.8, 4) is 23.1 Å². The molecule has 0 N–H and O–H groups in total. The van der Waals surface area contributed by atoms with Gasteiger partial charge in [0.15, 0.2) is 12.1 Å². The Morgan fingerprint density at radius 2 is 1.95 bits per heavy atom. The van der Waals surface area contributed by atoms with Crippen LogP contribution in [0.15, 0.2) is 51.9 Å². The standard InChI is InChI=1S/C15H10N4O2/c1-9-2-4-11-10(6-9)3-5-12(17-11)14-18-15(21-19-14)13-7-20-8-16-13/h2-8H,1H3. The molecule has 4 aromatic rings. The summed E-state index contributed by atoms with van der Waals surface area (Å²) in [5.41, 5.74) is 3.26. The fourth-order valence-corrected chi connectivity index (χ4v) is 2.12. The molecule has 3 aromatic heterocycles. The molecule has 0 atom stereocenters. The molecule has 0 fully saturated rings. The lowest BCUT2D eigenvalue weighted by molar-refractivity contribution is 0.430. The number of pyridine rings is 1. The van der Waals surface area contributed by atoms with E-state index in [9.17, 15) is 0 Å². The van der Waals surface area contributed by atoms with Crippen LogP contribution in [0.25, 0.3) is 34.0 Å². The fraction of sp³-hybridized carbons (Fsp3) is 0.0667. The lowest BCUT2D eigenvalue weighted by atomic mass is 10.1. The van der Waals surface area contributed by atoms with Gasteiger partial charge in [0.1, 0.15) is 12.0 Å². The summed E-state index contributed by atoms with van der Waals surface area (Å²) in [6.07, 6.45) is 2.77. The Morgan fingerprint density at radius 1 is 1.00 bits per heavy atom. The van der Waals surface area contributed by atoms with Crippen molar-refractivity contribution in [1.29, 1.82) is 0 Å². The molecule has 0 spiro atoms. The molecule has 6 nitrogen and oxygen atoms in total. The van der Waals surface area contributed by atoms with Crippen molar-refractivity contribution >= 4 is 10.9 Å². The highest BCUT2D eigenvalue weighted by Gasteiger charge is 2.13. The molecule has 102 valence electrons. The van der Waals surface area contributed by atoms with Crippen LogP contribution in [0.1, 0.15) is 5.56 Å². The second-order valence-corrected chi connectivity index (χ2v) is 4.69. The van der Waals surface area contributed by atoms with E-state index in [1.54, 1.807) is 0 Å². The van der Waals surface area contributed by atoms with Crippen LogP contribution in [0.2, 0.25) is 0 Å². The lowest BCUT2D eigenvalue weighted by Gasteiger charge is -2.00. The third-order valence-corrected chi connectivity index (χ3v) is 3.15. The number of aryl methyl sites for hydroxylation is 1. The van der Waals surface area contributed by atoms with Gasteiger partial charge in [-0.2, -0.15) is 4.98 Å². The maximum absolute atomic E-state index is 5.17. The first-order valence-corrected chi connectivity index (χ1v) is 6.40. The Labute approximate surface area is 119 Å². The third kappa shape index (κ3) is 2.06. The molecule has 0 unspecified atom stereocenters. The molecule has 0 saturated heterocycles. The predicted octanol–water partition coefficient (Wildman–Crippen LogP) is 3.25. The quantitative estimate of drug-likeness (QED) is 0.560. The zero-order valence-corrected chi connectivity index (χ0v) is 11.1. The van der Waals surface area contributed by atoms with E-state index in [1.165, 1.54) is 18.2 Å². The molecule has 3 heterocycles. The molecule has 0 bridgehead atoms. The highest BCUT2D eigenvalue weighted by molar-refractivity contribution is 5.81. The summed E-state index contributed by atoms with van der Waals surface area (Å²) in [5, 5.41) is 5.02. The number of oxazole rings is 1. The minimum Gasteiger partial charge on any atom is -0.451 e. The number of nitrogens with zero attached hydrogens (tertiary/aromatic N) is 4. The van der Waals surface area contributed by atoms with Crippen LogP contribution in [0.5, 0.6) is 0 Å². The topological polar surface area (TPSA) is 77.8 Å². The van der Waals surface area contributed by atoms with Crippen LogP contribution in [-0.4, -0.2) is 20.1 Å². The highest BCUT2D eigenvalue weighted by Crippen LogP contribution is 2.22. The van der Waals surface area contributed by atoms with Crippen molar-refractivity contribution in [3.63, 3.8) is 0 Å². The molecule has 0 saturated carbocycles. The summed E-state index contributed by atoms with van der Waals surface area (Å²) in [5.74, 6) is 0.736. The molecular formula is C15H10N4O2. The number of hydrogen-bond acceptors (Lipinski definition) is 6. The Morgan fingerprint density at radius 3 is 2.81 bits per heavy atom. The normalized spacial score (nSPS) is 11.1. The first-order chi connectivity index (χ1) is 10.3. The summed E-state index contributed by atoms with van der Waals surface area (Å²) >= 11 is 0. The van der Waals surface area contributed by atoms with E-state index in [4.69, 9.17) is 8.94 Å². The van der Waals surface area contributed by atoms with Gasteiger partial charge in [-0.15, -0.1) is 0 Å². The monoisotopic (exact) mass is 278 g/mol. The van der Waals surface area contributed by atoms with Gasteiger partial charge in [-0.05, 0) is 25.1 Å². The summed E-state index contributed by atoms with van der Waals surface area (Å²) in [4.78, 5) is 12.8. The summed E-state index contributed by atoms with van der Waals surface area (Å²) in [6.45, 7) is 2.05. The van der Waals surface area contributed by atoms with Gasteiger partial charge in [-0.3, -0.25) is 0 Å². The van der Waals surface area contributed by atoms with Gasteiger partial charge in [0.2, 0.25) is 5.82 Å². The fourth-order valence-electron chi connectivity index (χ4n) is 2.12. The Hall–Kier alpha value is -3.02. The van der Waals surface area contributed by atoms with Crippen LogP contribution in [0.3, 0.4) is 0 Å². The smallest absolute Gasteiger partial charge is 0.280 e. The molecule has 21 heavy (non-hydrogen) atoms. The van der Waals surface area contributed by atoms with Crippen LogP contribution < -0.4 is 0 Å². The predicted molar refractivity (Wildman–Crippen MR) is 75.3 cm³/mol. The van der Waals surface area contributed by atoms with Crippen molar-refractivity contribution < 1.29 is 8.94 Å². The number of hydrogen-bond donors (Lipinski definition) is 0. The SMILES string of the molecule is Cc1ccc2nc(-c3noc(-c4cocn4)n3)ccc2c1. The van der Waals surface area contributed by atoms with Gasteiger partial charge >= 0.3 is 0 Å². The van der Waals surface area contributed by atoms with Crippen molar-refractivity contribution in [1.82, 2.24) is 20.1 Å². The summed E-state index contributed by atoms with van der Waals surface area (Å²) in [7, 11) is 0. The van der Waals surface area contributed by atoms with Gasteiger partial charge in [0, 0.05) is 5.39 Å². The van der Waals surface area contributed by atoms with E-state index in [-0.39, 0.29) is 0 Å². The summed E-state index contributed by atoms with van der Waals surface area (Å²) < 4.78 is 10.1. The molecule has 6 heteroatoms. The van der Waals surface area contributed by atoms with Crippen LogP contribution in [-0.2, 0) is 0 Å². The zero-order valence-electron chi connectivity index (χ0n) is 11.1. The van der Waals surface area contributed by atoms with E-state index in [0.717, 1.165) is 10.9 Å². The Balaban J connectivity index is 1.78. The number of fused-ring (bicyclic) bond motifs is 1. The van der Waals surface area contributed by atoms with E-state index >= 15 is 0 Å². The van der Waals surface area contributed by atoms with Crippen molar-refractivity contribution in [3.05, 3.63) is 48.6 Å². The maximum Gasteiger partial charge on any atom is 0.280 e. The minimum atomic E-state index is 0.310. The van der Waals surface area contributed by atoms with Crippen molar-refractivity contribution in [2.75, 3.05) is 0 Å². The molecule has 0 aliphatic carbocycles. The van der Waals surface area contributed by atoms with Crippen LogP contribution in [0.4, 0.5) is 0 Å². The lowest BCUT2D eigenvalue weighted by Crippen LogP contribution is -1.88. The van der Waals surface area contributed by atoms with Gasteiger partial charge in [-0.1, -0.05) is 22.9 Å². The molecule has 0 aliphatic heterocycles. The second kappa shape index (κ2) is 4.52. The Kier molecular flexibility index (Phi) is 2.53. The van der Waals surface area contributed by atoms with Gasteiger partial charge in [0.05, 0.1) is 5.52 Å².